The first-order valence-electron chi connectivity index (χ1n) is 11.6. The van der Waals surface area contributed by atoms with E-state index in [0.717, 1.165) is 57.2 Å². The first kappa shape index (κ1) is 27.1. The van der Waals surface area contributed by atoms with Crippen LogP contribution in [0.3, 0.4) is 0 Å². The molecule has 6 nitrogen and oxygen atoms in total. The molecular formula is C26H37IN4O2. The lowest BCUT2D eigenvalue weighted by Crippen LogP contribution is -2.39. The second-order valence-corrected chi connectivity index (χ2v) is 8.38. The number of aliphatic imine (C=N–C) groups is 1. The summed E-state index contributed by atoms with van der Waals surface area (Å²) >= 11 is 0. The highest BCUT2D eigenvalue weighted by Crippen LogP contribution is 2.33. The minimum absolute atomic E-state index is 0. The van der Waals surface area contributed by atoms with E-state index in [1.54, 1.807) is 0 Å². The summed E-state index contributed by atoms with van der Waals surface area (Å²) in [6.07, 6.45) is 3.20. The van der Waals surface area contributed by atoms with Gasteiger partial charge in [0.15, 0.2) is 5.96 Å². The Hall–Kier alpha value is -2.13. The topological polar surface area (TPSA) is 74.8 Å². The first-order valence-corrected chi connectivity index (χ1v) is 11.6. The number of amides is 1. The number of halogens is 1. The summed E-state index contributed by atoms with van der Waals surface area (Å²) < 4.78 is 6.15. The number of hydrogen-bond acceptors (Lipinski definition) is 3. The molecule has 2 aromatic rings. The number of guanidine groups is 1. The van der Waals surface area contributed by atoms with Crippen molar-refractivity contribution >= 4 is 41.5 Å². The van der Waals surface area contributed by atoms with Crippen LogP contribution in [-0.2, 0) is 16.0 Å². The molecule has 2 unspecified atom stereocenters. The molecule has 0 aromatic heterocycles. The van der Waals surface area contributed by atoms with Crippen molar-refractivity contribution in [3.63, 3.8) is 0 Å². The number of carbonyl (C=O) groups is 1. The van der Waals surface area contributed by atoms with Gasteiger partial charge in [0, 0.05) is 44.8 Å². The number of anilines is 1. The van der Waals surface area contributed by atoms with Gasteiger partial charge in [-0.25, -0.2) is 0 Å². The monoisotopic (exact) mass is 564 g/mol. The molecule has 1 amide bonds. The number of nitrogens with zero attached hydrogens (tertiary/aromatic N) is 1. The lowest BCUT2D eigenvalue weighted by Gasteiger charge is -2.31. The second-order valence-electron chi connectivity index (χ2n) is 8.38. The van der Waals surface area contributed by atoms with Gasteiger partial charge in [-0.1, -0.05) is 42.0 Å². The average Bonchev–Trinajstić information content (AvgIpc) is 2.79. The summed E-state index contributed by atoms with van der Waals surface area (Å²) in [5.41, 5.74) is 4.54. The molecule has 0 saturated carbocycles. The van der Waals surface area contributed by atoms with Crippen molar-refractivity contribution in [2.24, 2.45) is 10.9 Å². The average molecular weight is 565 g/mol. The molecule has 1 aliphatic heterocycles. The molecule has 3 rings (SSSR count). The number of carbonyl (C=O) groups excluding carboxylic acids is 1. The van der Waals surface area contributed by atoms with Crippen molar-refractivity contribution in [1.82, 2.24) is 10.6 Å². The number of ether oxygens (including phenoxy) is 1. The van der Waals surface area contributed by atoms with Gasteiger partial charge in [0.25, 0.3) is 0 Å². The fourth-order valence-corrected chi connectivity index (χ4v) is 3.99. The van der Waals surface area contributed by atoms with Gasteiger partial charge in [-0.2, -0.15) is 0 Å². The van der Waals surface area contributed by atoms with Crippen LogP contribution in [0.4, 0.5) is 5.69 Å². The van der Waals surface area contributed by atoms with E-state index in [4.69, 9.17) is 9.73 Å². The van der Waals surface area contributed by atoms with Crippen LogP contribution in [-0.4, -0.2) is 38.1 Å². The summed E-state index contributed by atoms with van der Waals surface area (Å²) in [4.78, 5) is 16.0. The normalized spacial score (nSPS) is 18.2. The number of benzene rings is 2. The Kier molecular flexibility index (Phi) is 11.7. The number of hydrogen-bond donors (Lipinski definition) is 3. The predicted molar refractivity (Wildman–Crippen MR) is 146 cm³/mol. The summed E-state index contributed by atoms with van der Waals surface area (Å²) in [7, 11) is 0. The summed E-state index contributed by atoms with van der Waals surface area (Å²) in [6, 6.07) is 16.6. The summed E-state index contributed by atoms with van der Waals surface area (Å²) in [5, 5.41) is 9.59. The van der Waals surface area contributed by atoms with Crippen molar-refractivity contribution in [1.29, 1.82) is 0 Å². The minimum atomic E-state index is -0.0566. The Morgan fingerprint density at radius 2 is 1.82 bits per heavy atom. The van der Waals surface area contributed by atoms with Gasteiger partial charge in [0.2, 0.25) is 5.91 Å². The Bertz CT molecular complexity index is 884. The number of nitrogens with one attached hydrogen (secondary N) is 3. The zero-order valence-corrected chi connectivity index (χ0v) is 22.2. The molecular weight excluding hydrogens is 527 g/mol. The quantitative estimate of drug-likeness (QED) is 0.244. The third-order valence-electron chi connectivity index (χ3n) is 5.66. The fraction of sp³-hybridized carbons (Fsp3) is 0.462. The van der Waals surface area contributed by atoms with Crippen LogP contribution in [0, 0.1) is 12.8 Å². The Morgan fingerprint density at radius 3 is 2.48 bits per heavy atom. The molecule has 2 atom stereocenters. The smallest absolute Gasteiger partial charge is 0.221 e. The van der Waals surface area contributed by atoms with E-state index in [1.807, 2.05) is 24.3 Å². The largest absolute Gasteiger partial charge is 0.373 e. The molecule has 33 heavy (non-hydrogen) atoms. The molecule has 7 heteroatoms. The maximum Gasteiger partial charge on any atom is 0.221 e. The summed E-state index contributed by atoms with van der Waals surface area (Å²) in [5.74, 6) is 1.16. The molecule has 2 aromatic carbocycles. The van der Waals surface area contributed by atoms with Gasteiger partial charge in [-0.15, -0.1) is 24.0 Å². The van der Waals surface area contributed by atoms with Gasteiger partial charge >= 0.3 is 0 Å². The second kappa shape index (κ2) is 14.2. The molecule has 0 aliphatic carbocycles. The van der Waals surface area contributed by atoms with Gasteiger partial charge < -0.3 is 20.7 Å². The highest BCUT2D eigenvalue weighted by atomic mass is 127. The highest BCUT2D eigenvalue weighted by molar-refractivity contribution is 14.0. The third kappa shape index (κ3) is 8.97. The van der Waals surface area contributed by atoms with Crippen LogP contribution in [0.5, 0.6) is 0 Å². The van der Waals surface area contributed by atoms with E-state index in [9.17, 15) is 4.79 Å². The molecule has 180 valence electrons. The van der Waals surface area contributed by atoms with Crippen LogP contribution < -0.4 is 16.0 Å². The van der Waals surface area contributed by atoms with Crippen molar-refractivity contribution in [3.05, 3.63) is 65.2 Å². The maximum absolute atomic E-state index is 11.1. The molecule has 0 spiro atoms. The van der Waals surface area contributed by atoms with Crippen LogP contribution in [0.15, 0.2) is 53.5 Å². The summed E-state index contributed by atoms with van der Waals surface area (Å²) in [6.45, 7) is 8.86. The molecule has 0 bridgehead atoms. The van der Waals surface area contributed by atoms with Crippen molar-refractivity contribution in [2.45, 2.75) is 46.1 Å². The Balaban J connectivity index is 0.00000385. The minimum Gasteiger partial charge on any atom is -0.373 e. The predicted octanol–water partition coefficient (Wildman–Crippen LogP) is 4.84. The van der Waals surface area contributed by atoms with Gasteiger partial charge in [-0.05, 0) is 56.4 Å². The van der Waals surface area contributed by atoms with Crippen LogP contribution in [0.25, 0.3) is 0 Å². The fourth-order valence-electron chi connectivity index (χ4n) is 3.99. The Labute approximate surface area is 215 Å². The highest BCUT2D eigenvalue weighted by Gasteiger charge is 2.27. The third-order valence-corrected chi connectivity index (χ3v) is 5.66. The molecule has 1 heterocycles. The van der Waals surface area contributed by atoms with Crippen molar-refractivity contribution < 1.29 is 9.53 Å². The van der Waals surface area contributed by atoms with Crippen LogP contribution in [0.2, 0.25) is 0 Å². The van der Waals surface area contributed by atoms with E-state index in [1.165, 1.54) is 23.6 Å². The van der Waals surface area contributed by atoms with Crippen LogP contribution >= 0.6 is 24.0 Å². The van der Waals surface area contributed by atoms with Gasteiger partial charge in [0.1, 0.15) is 0 Å². The van der Waals surface area contributed by atoms with Crippen molar-refractivity contribution in [3.8, 4) is 0 Å². The van der Waals surface area contributed by atoms with Gasteiger partial charge in [0.05, 0.1) is 6.10 Å². The van der Waals surface area contributed by atoms with E-state index < -0.39 is 0 Å². The zero-order chi connectivity index (χ0) is 22.8. The molecule has 1 aliphatic rings. The Morgan fingerprint density at radius 1 is 1.09 bits per heavy atom. The molecule has 0 radical (unpaired) electrons. The lowest BCUT2D eigenvalue weighted by molar-refractivity contribution is -0.114. The van der Waals surface area contributed by atoms with Crippen molar-refractivity contribution in [2.75, 3.05) is 31.6 Å². The first-order chi connectivity index (χ1) is 15.5. The van der Waals surface area contributed by atoms with Crippen LogP contribution in [0.1, 0.15) is 49.5 Å². The molecule has 3 N–H and O–H groups in total. The van der Waals surface area contributed by atoms with Gasteiger partial charge in [-0.3, -0.25) is 9.79 Å². The van der Waals surface area contributed by atoms with E-state index in [-0.39, 0.29) is 36.0 Å². The van der Waals surface area contributed by atoms with E-state index >= 15 is 0 Å². The maximum atomic E-state index is 11.1. The lowest BCUT2D eigenvalue weighted by atomic mass is 9.89. The number of aryl methyl sites for hydroxylation is 1. The van der Waals surface area contributed by atoms with E-state index in [0.29, 0.717) is 5.92 Å². The standard InChI is InChI=1S/C26H36N4O2.HI/c1-4-27-26(28-16-15-21-9-13-24(14-10-21)30-20(3)31)29-18-23-6-5-17-32-25(23)22-11-7-19(2)8-12-22;/h7-14,23,25H,4-6,15-18H2,1-3H3,(H,30,31)(H2,27,28,29);1H. The zero-order valence-electron chi connectivity index (χ0n) is 19.9. The number of rotatable bonds is 8. The molecule has 1 fully saturated rings. The SMILES string of the molecule is CCNC(=NCC1CCCOC1c1ccc(C)cc1)NCCc1ccc(NC(C)=O)cc1.I. The molecule has 1 saturated heterocycles. The van der Waals surface area contributed by atoms with E-state index in [2.05, 4.69) is 54.1 Å².